The highest BCUT2D eigenvalue weighted by Gasteiger charge is 2.31. The second-order valence-electron chi connectivity index (χ2n) is 5.60. The van der Waals surface area contributed by atoms with Gasteiger partial charge in [-0.3, -0.25) is 4.79 Å². The van der Waals surface area contributed by atoms with Gasteiger partial charge < -0.3 is 19.3 Å². The van der Waals surface area contributed by atoms with Crippen LogP contribution in [0.5, 0.6) is 5.88 Å². The molecule has 1 N–H and O–H groups in total. The smallest absolute Gasteiger partial charge is 0.251 e. The van der Waals surface area contributed by atoms with E-state index < -0.39 is 0 Å². The molecule has 3 heterocycles. The summed E-state index contributed by atoms with van der Waals surface area (Å²) in [5.74, 6) is 1.21. The zero-order valence-electron chi connectivity index (χ0n) is 13.1. The van der Waals surface area contributed by atoms with E-state index in [1.807, 2.05) is 13.0 Å². The van der Waals surface area contributed by atoms with Gasteiger partial charge in [0.2, 0.25) is 5.88 Å². The molecule has 1 fully saturated rings. The molecule has 0 aromatic carbocycles. The summed E-state index contributed by atoms with van der Waals surface area (Å²) in [6.45, 7) is 2.96. The van der Waals surface area contributed by atoms with Crippen LogP contribution in [0.15, 0.2) is 28.9 Å². The van der Waals surface area contributed by atoms with Gasteiger partial charge in [0.25, 0.3) is 5.91 Å². The summed E-state index contributed by atoms with van der Waals surface area (Å²) in [4.78, 5) is 16.4. The summed E-state index contributed by atoms with van der Waals surface area (Å²) in [5, 5.41) is 6.90. The molecule has 1 amide bonds. The fraction of sp³-hybridized carbons (Fsp3) is 0.438. The number of hydrogen-bond acceptors (Lipinski definition) is 6. The maximum absolute atomic E-state index is 12.4. The van der Waals surface area contributed by atoms with Gasteiger partial charge in [-0.25, -0.2) is 4.98 Å². The predicted molar refractivity (Wildman–Crippen MR) is 81.3 cm³/mol. The molecule has 0 bridgehead atoms. The van der Waals surface area contributed by atoms with Crippen molar-refractivity contribution in [1.82, 2.24) is 15.5 Å². The van der Waals surface area contributed by atoms with Crippen molar-refractivity contribution >= 4 is 5.91 Å². The maximum atomic E-state index is 12.4. The van der Waals surface area contributed by atoms with Crippen LogP contribution in [0.1, 0.15) is 21.8 Å². The Labute approximate surface area is 134 Å². The molecule has 7 heteroatoms. The van der Waals surface area contributed by atoms with Crippen molar-refractivity contribution in [2.24, 2.45) is 5.92 Å². The van der Waals surface area contributed by atoms with E-state index in [1.165, 1.54) is 7.11 Å². The zero-order chi connectivity index (χ0) is 16.2. The van der Waals surface area contributed by atoms with Crippen molar-refractivity contribution in [2.45, 2.75) is 19.4 Å². The third-order valence-electron chi connectivity index (χ3n) is 3.86. The SMILES string of the molecule is COc1cc(C(=O)N[C@H]2COC[C@H]2Cc2cc(C)no2)ccn1. The fourth-order valence-electron chi connectivity index (χ4n) is 2.64. The minimum Gasteiger partial charge on any atom is -0.481 e. The Bertz CT molecular complexity index is 685. The van der Waals surface area contributed by atoms with Crippen LogP contribution in [0.25, 0.3) is 0 Å². The summed E-state index contributed by atoms with van der Waals surface area (Å²) in [7, 11) is 1.52. The van der Waals surface area contributed by atoms with Crippen molar-refractivity contribution in [2.75, 3.05) is 20.3 Å². The first-order valence-corrected chi connectivity index (χ1v) is 7.46. The van der Waals surface area contributed by atoms with E-state index >= 15 is 0 Å². The summed E-state index contributed by atoms with van der Waals surface area (Å²) in [6.07, 6.45) is 2.24. The number of ether oxygens (including phenoxy) is 2. The van der Waals surface area contributed by atoms with Gasteiger partial charge in [0.15, 0.2) is 0 Å². The summed E-state index contributed by atoms with van der Waals surface area (Å²) in [5.41, 5.74) is 1.36. The maximum Gasteiger partial charge on any atom is 0.251 e. The molecule has 122 valence electrons. The lowest BCUT2D eigenvalue weighted by Gasteiger charge is -2.18. The van der Waals surface area contributed by atoms with Crippen molar-refractivity contribution in [3.05, 3.63) is 41.4 Å². The zero-order valence-corrected chi connectivity index (χ0v) is 13.1. The second-order valence-corrected chi connectivity index (χ2v) is 5.60. The van der Waals surface area contributed by atoms with E-state index in [2.05, 4.69) is 15.5 Å². The van der Waals surface area contributed by atoms with Gasteiger partial charge >= 0.3 is 0 Å². The highest BCUT2D eigenvalue weighted by atomic mass is 16.5. The lowest BCUT2D eigenvalue weighted by atomic mass is 9.98. The molecule has 23 heavy (non-hydrogen) atoms. The highest BCUT2D eigenvalue weighted by molar-refractivity contribution is 5.94. The van der Waals surface area contributed by atoms with Gasteiger partial charge in [0, 0.05) is 36.2 Å². The third kappa shape index (κ3) is 3.68. The van der Waals surface area contributed by atoms with Crippen LogP contribution in [0.2, 0.25) is 0 Å². The van der Waals surface area contributed by atoms with Crippen LogP contribution in [-0.2, 0) is 11.2 Å². The number of pyridine rings is 1. The molecule has 3 rings (SSSR count). The van der Waals surface area contributed by atoms with Gasteiger partial charge in [0.05, 0.1) is 32.1 Å². The van der Waals surface area contributed by atoms with Crippen LogP contribution >= 0.6 is 0 Å². The molecule has 0 spiro atoms. The Kier molecular flexibility index (Phi) is 4.57. The first kappa shape index (κ1) is 15.5. The first-order valence-electron chi connectivity index (χ1n) is 7.46. The molecular weight excluding hydrogens is 298 g/mol. The number of amides is 1. The van der Waals surface area contributed by atoms with Gasteiger partial charge in [-0.2, -0.15) is 0 Å². The molecule has 1 aliphatic heterocycles. The largest absolute Gasteiger partial charge is 0.481 e. The number of rotatable bonds is 5. The predicted octanol–water partition coefficient (Wildman–Crippen LogP) is 1.37. The number of carbonyl (C=O) groups excluding carboxylic acids is 1. The quantitative estimate of drug-likeness (QED) is 0.896. The molecule has 1 saturated heterocycles. The number of aromatic nitrogens is 2. The number of carbonyl (C=O) groups is 1. The third-order valence-corrected chi connectivity index (χ3v) is 3.86. The first-order chi connectivity index (χ1) is 11.2. The Morgan fingerprint density at radius 2 is 2.30 bits per heavy atom. The van der Waals surface area contributed by atoms with Crippen LogP contribution in [0.4, 0.5) is 0 Å². The van der Waals surface area contributed by atoms with Crippen LogP contribution < -0.4 is 10.1 Å². The molecule has 2 aromatic heterocycles. The Hall–Kier alpha value is -2.41. The minimum absolute atomic E-state index is 0.0629. The van der Waals surface area contributed by atoms with Crippen LogP contribution in [0.3, 0.4) is 0 Å². The van der Waals surface area contributed by atoms with Crippen molar-refractivity contribution in [3.8, 4) is 5.88 Å². The van der Waals surface area contributed by atoms with Crippen LogP contribution in [0, 0.1) is 12.8 Å². The summed E-state index contributed by atoms with van der Waals surface area (Å²) in [6, 6.07) is 5.11. The Balaban J connectivity index is 1.64. The Morgan fingerprint density at radius 1 is 1.43 bits per heavy atom. The van der Waals surface area contributed by atoms with Crippen molar-refractivity contribution in [3.63, 3.8) is 0 Å². The fourth-order valence-corrected chi connectivity index (χ4v) is 2.64. The van der Waals surface area contributed by atoms with Crippen LogP contribution in [-0.4, -0.2) is 42.4 Å². The monoisotopic (exact) mass is 317 g/mol. The lowest BCUT2D eigenvalue weighted by molar-refractivity contribution is 0.0924. The standard InChI is InChI=1S/C16H19N3O4/c1-10-5-13(23-19-10)6-12-8-22-9-14(12)18-16(20)11-3-4-17-15(7-11)21-2/h3-5,7,12,14H,6,8-9H2,1-2H3,(H,18,20)/t12-,14+/m1/s1. The molecule has 0 radical (unpaired) electrons. The molecular formula is C16H19N3O4. The molecule has 0 saturated carbocycles. The van der Waals surface area contributed by atoms with E-state index in [0.717, 1.165) is 11.5 Å². The topological polar surface area (TPSA) is 86.5 Å². The second kappa shape index (κ2) is 6.78. The average Bonchev–Trinajstić information content (AvgIpc) is 3.17. The van der Waals surface area contributed by atoms with E-state index in [-0.39, 0.29) is 17.9 Å². The number of nitrogens with zero attached hydrogens (tertiary/aromatic N) is 2. The molecule has 0 unspecified atom stereocenters. The van der Waals surface area contributed by atoms with Crippen molar-refractivity contribution in [1.29, 1.82) is 0 Å². The summed E-state index contributed by atoms with van der Waals surface area (Å²) < 4.78 is 15.8. The minimum atomic E-state index is -0.167. The molecule has 0 aliphatic carbocycles. The van der Waals surface area contributed by atoms with Crippen molar-refractivity contribution < 1.29 is 18.8 Å². The number of hydrogen-bond donors (Lipinski definition) is 1. The van der Waals surface area contributed by atoms with Gasteiger partial charge in [-0.1, -0.05) is 5.16 Å². The number of nitrogens with one attached hydrogen (secondary N) is 1. The van der Waals surface area contributed by atoms with E-state index in [0.29, 0.717) is 31.1 Å². The van der Waals surface area contributed by atoms with Gasteiger partial charge in [-0.15, -0.1) is 0 Å². The van der Waals surface area contributed by atoms with E-state index in [1.54, 1.807) is 18.3 Å². The molecule has 2 atom stereocenters. The Morgan fingerprint density at radius 3 is 3.04 bits per heavy atom. The van der Waals surface area contributed by atoms with E-state index in [9.17, 15) is 4.79 Å². The molecule has 1 aliphatic rings. The highest BCUT2D eigenvalue weighted by Crippen LogP contribution is 2.20. The molecule has 2 aromatic rings. The van der Waals surface area contributed by atoms with Gasteiger partial charge in [0.1, 0.15) is 5.76 Å². The average molecular weight is 317 g/mol. The number of aryl methyl sites for hydroxylation is 1. The summed E-state index contributed by atoms with van der Waals surface area (Å²) >= 11 is 0. The van der Waals surface area contributed by atoms with E-state index in [4.69, 9.17) is 14.0 Å². The number of methoxy groups -OCH3 is 1. The lowest BCUT2D eigenvalue weighted by Crippen LogP contribution is -2.40. The molecule has 7 nitrogen and oxygen atoms in total. The normalized spacial score (nSPS) is 20.4. The van der Waals surface area contributed by atoms with Gasteiger partial charge in [-0.05, 0) is 13.0 Å².